The Morgan fingerprint density at radius 2 is 1.67 bits per heavy atom. The van der Waals surface area contributed by atoms with Crippen LogP contribution < -0.4 is 4.90 Å². The molecule has 2 heterocycles. The minimum absolute atomic E-state index is 0.300. The van der Waals surface area contributed by atoms with Gasteiger partial charge in [-0.1, -0.05) is 78.4 Å². The van der Waals surface area contributed by atoms with E-state index in [9.17, 15) is 4.79 Å². The number of carbonyl (C=O) groups excluding carboxylic acids is 1. The predicted octanol–water partition coefficient (Wildman–Crippen LogP) is 6.99. The normalized spacial score (nSPS) is 15.1. The van der Waals surface area contributed by atoms with Crippen LogP contribution in [0.3, 0.4) is 0 Å². The van der Waals surface area contributed by atoms with Crippen LogP contribution in [0.15, 0.2) is 78.9 Å². The van der Waals surface area contributed by atoms with Gasteiger partial charge in [-0.25, -0.2) is 4.79 Å². The Balaban J connectivity index is 1.76. The van der Waals surface area contributed by atoms with E-state index in [4.69, 9.17) is 4.74 Å². The van der Waals surface area contributed by atoms with Gasteiger partial charge in [0.25, 0.3) is 0 Å². The third-order valence-corrected chi connectivity index (χ3v) is 6.42. The highest BCUT2D eigenvalue weighted by atomic mass is 16.6. The number of benzene rings is 3. The Morgan fingerprint density at radius 3 is 2.48 bits per heavy atom. The second-order valence-electron chi connectivity index (χ2n) is 8.50. The Morgan fingerprint density at radius 1 is 0.879 bits per heavy atom. The highest BCUT2D eigenvalue weighted by Gasteiger charge is 2.34. The summed E-state index contributed by atoms with van der Waals surface area (Å²) >= 11 is 0. The van der Waals surface area contributed by atoms with Crippen LogP contribution in [0.25, 0.3) is 39.7 Å². The van der Waals surface area contributed by atoms with Gasteiger partial charge in [0.2, 0.25) is 0 Å². The fraction of sp³-hybridized carbons (Fsp3) is 0.138. The van der Waals surface area contributed by atoms with Crippen molar-refractivity contribution in [2.45, 2.75) is 13.3 Å². The van der Waals surface area contributed by atoms with Gasteiger partial charge in [0.05, 0.1) is 12.2 Å². The number of cyclic esters (lactones) is 1. The summed E-state index contributed by atoms with van der Waals surface area (Å²) < 4.78 is 7.62. The van der Waals surface area contributed by atoms with Crippen molar-refractivity contribution in [1.82, 2.24) is 4.57 Å². The molecular formula is C29H24N2O2. The molecule has 0 unspecified atom stereocenters. The summed E-state index contributed by atoms with van der Waals surface area (Å²) in [5.41, 5.74) is 6.59. The Hall–Kier alpha value is -4.05. The molecule has 1 amide bonds. The number of aromatic nitrogens is 1. The van der Waals surface area contributed by atoms with E-state index in [0.717, 1.165) is 40.3 Å². The van der Waals surface area contributed by atoms with Gasteiger partial charge in [0.15, 0.2) is 0 Å². The number of aryl methyl sites for hydroxylation is 1. The van der Waals surface area contributed by atoms with E-state index in [1.807, 2.05) is 0 Å². The zero-order chi connectivity index (χ0) is 22.4. The average molecular weight is 433 g/mol. The standard InChI is InChI=1S/C29H24N2O2/c1-20-14-16-22(17-15-20)31-26-13-4-2-3-11-25(26)27(28(31)30-18-19-33-29(30)32)24-12-7-9-21-8-5-6-10-23(21)24/h3-17H,2,18-19H2,1H3. The van der Waals surface area contributed by atoms with Crippen LogP contribution in [0.2, 0.25) is 0 Å². The highest BCUT2D eigenvalue weighted by molar-refractivity contribution is 6.06. The molecule has 4 heteroatoms. The number of rotatable bonds is 3. The molecule has 162 valence electrons. The van der Waals surface area contributed by atoms with E-state index in [-0.39, 0.29) is 6.09 Å². The first kappa shape index (κ1) is 19.6. The SMILES string of the molecule is Cc1ccc(-n2c3c(c(-c4cccc5ccccc45)c2N2CCOC2=O)C=CCC=C3)cc1. The van der Waals surface area contributed by atoms with E-state index in [2.05, 4.69) is 103 Å². The molecule has 4 aromatic rings. The first-order valence-corrected chi connectivity index (χ1v) is 11.3. The first-order valence-electron chi connectivity index (χ1n) is 11.3. The van der Waals surface area contributed by atoms with Crippen molar-refractivity contribution in [1.29, 1.82) is 0 Å². The first-order chi connectivity index (χ1) is 16.2. The smallest absolute Gasteiger partial charge is 0.415 e. The summed E-state index contributed by atoms with van der Waals surface area (Å²) in [4.78, 5) is 14.7. The predicted molar refractivity (Wildman–Crippen MR) is 135 cm³/mol. The second kappa shape index (κ2) is 7.82. The fourth-order valence-electron chi connectivity index (χ4n) is 4.88. The molecule has 1 saturated heterocycles. The third kappa shape index (κ3) is 3.18. The number of hydrogen-bond donors (Lipinski definition) is 0. The molecule has 0 bridgehead atoms. The molecule has 0 spiro atoms. The fourth-order valence-corrected chi connectivity index (χ4v) is 4.88. The van der Waals surface area contributed by atoms with Crippen molar-refractivity contribution >= 4 is 34.8 Å². The number of fused-ring (bicyclic) bond motifs is 2. The van der Waals surface area contributed by atoms with Gasteiger partial charge in [0.1, 0.15) is 12.4 Å². The molecule has 0 N–H and O–H groups in total. The summed E-state index contributed by atoms with van der Waals surface area (Å²) in [7, 11) is 0. The molecule has 0 saturated carbocycles. The van der Waals surface area contributed by atoms with Crippen LogP contribution in [-0.2, 0) is 4.74 Å². The van der Waals surface area contributed by atoms with Crippen molar-refractivity contribution < 1.29 is 9.53 Å². The van der Waals surface area contributed by atoms with Crippen molar-refractivity contribution in [2.24, 2.45) is 0 Å². The lowest BCUT2D eigenvalue weighted by Gasteiger charge is -2.20. The molecule has 1 aromatic heterocycles. The van der Waals surface area contributed by atoms with E-state index >= 15 is 0 Å². The zero-order valence-electron chi connectivity index (χ0n) is 18.5. The lowest BCUT2D eigenvalue weighted by molar-refractivity contribution is 0.181. The van der Waals surface area contributed by atoms with Gasteiger partial charge >= 0.3 is 6.09 Å². The summed E-state index contributed by atoms with van der Waals surface area (Å²) in [6.45, 7) is 3.00. The molecule has 3 aromatic carbocycles. The molecule has 0 atom stereocenters. The van der Waals surface area contributed by atoms with Crippen LogP contribution in [0.5, 0.6) is 0 Å². The maximum absolute atomic E-state index is 12.9. The molecule has 1 fully saturated rings. The zero-order valence-corrected chi connectivity index (χ0v) is 18.5. The summed E-state index contributed by atoms with van der Waals surface area (Å²) in [6.07, 6.45) is 9.30. The average Bonchev–Trinajstić information content (AvgIpc) is 3.30. The van der Waals surface area contributed by atoms with E-state index in [1.165, 1.54) is 16.3 Å². The maximum Gasteiger partial charge on any atom is 0.415 e. The number of nitrogens with zero attached hydrogens (tertiary/aromatic N) is 2. The molecule has 1 aliphatic carbocycles. The molecule has 33 heavy (non-hydrogen) atoms. The number of anilines is 1. The van der Waals surface area contributed by atoms with Gasteiger partial charge in [-0.05, 0) is 47.9 Å². The second-order valence-corrected chi connectivity index (χ2v) is 8.50. The molecule has 6 rings (SSSR count). The van der Waals surface area contributed by atoms with Crippen LogP contribution in [0.4, 0.5) is 10.6 Å². The van der Waals surface area contributed by atoms with Crippen molar-refractivity contribution in [3.05, 3.63) is 95.7 Å². The van der Waals surface area contributed by atoms with Gasteiger partial charge in [-0.3, -0.25) is 9.47 Å². The summed E-state index contributed by atoms with van der Waals surface area (Å²) in [6, 6.07) is 23.3. The Labute approximate surface area is 193 Å². The van der Waals surface area contributed by atoms with Gasteiger partial charge < -0.3 is 4.74 Å². The van der Waals surface area contributed by atoms with Crippen molar-refractivity contribution in [3.63, 3.8) is 0 Å². The molecular weight excluding hydrogens is 408 g/mol. The number of ether oxygens (including phenoxy) is 1. The molecule has 4 nitrogen and oxygen atoms in total. The summed E-state index contributed by atoms with van der Waals surface area (Å²) in [5.74, 6) is 0.860. The summed E-state index contributed by atoms with van der Waals surface area (Å²) in [5, 5.41) is 2.34. The number of hydrogen-bond acceptors (Lipinski definition) is 2. The maximum atomic E-state index is 12.9. The molecule has 1 aliphatic heterocycles. The van der Waals surface area contributed by atoms with Crippen LogP contribution in [0.1, 0.15) is 23.2 Å². The third-order valence-electron chi connectivity index (χ3n) is 6.42. The van der Waals surface area contributed by atoms with Gasteiger partial charge in [-0.2, -0.15) is 0 Å². The van der Waals surface area contributed by atoms with Gasteiger partial charge in [-0.15, -0.1) is 0 Å². The van der Waals surface area contributed by atoms with Crippen LogP contribution in [-0.4, -0.2) is 23.8 Å². The van der Waals surface area contributed by atoms with Crippen LogP contribution >= 0.6 is 0 Å². The van der Waals surface area contributed by atoms with Crippen molar-refractivity contribution in [2.75, 3.05) is 18.1 Å². The molecule has 2 aliphatic rings. The van der Waals surface area contributed by atoms with E-state index in [0.29, 0.717) is 13.2 Å². The highest BCUT2D eigenvalue weighted by Crippen LogP contribution is 2.45. The van der Waals surface area contributed by atoms with Crippen molar-refractivity contribution in [3.8, 4) is 16.8 Å². The molecule has 0 radical (unpaired) electrons. The Kier molecular flexibility index (Phi) is 4.65. The monoisotopic (exact) mass is 432 g/mol. The largest absolute Gasteiger partial charge is 0.447 e. The quantitative estimate of drug-likeness (QED) is 0.350. The Bertz CT molecular complexity index is 1440. The lowest BCUT2D eigenvalue weighted by atomic mass is 9.95. The number of allylic oxidation sites excluding steroid dienone is 2. The van der Waals surface area contributed by atoms with Crippen LogP contribution in [0, 0.1) is 6.92 Å². The van der Waals surface area contributed by atoms with E-state index in [1.54, 1.807) is 4.90 Å². The lowest BCUT2D eigenvalue weighted by Crippen LogP contribution is -2.26. The van der Waals surface area contributed by atoms with Gasteiger partial charge in [0, 0.05) is 16.8 Å². The minimum atomic E-state index is -0.300. The number of carbonyl (C=O) groups is 1. The number of amides is 1. The minimum Gasteiger partial charge on any atom is -0.447 e. The van der Waals surface area contributed by atoms with E-state index < -0.39 is 0 Å². The topological polar surface area (TPSA) is 34.5 Å².